The molecule has 0 saturated carbocycles. The summed E-state index contributed by atoms with van der Waals surface area (Å²) in [5, 5.41) is 4.34. The fraction of sp³-hybridized carbons (Fsp3) is 0.467. The summed E-state index contributed by atoms with van der Waals surface area (Å²) in [6.07, 6.45) is 1.05. The minimum Gasteiger partial charge on any atom is -0.495 e. The lowest BCUT2D eigenvalue weighted by atomic mass is 10.0. The molecule has 1 aromatic carbocycles. The first-order chi connectivity index (χ1) is 10.2. The molecular formula is C15H17N3O2S. The van der Waals surface area contributed by atoms with Gasteiger partial charge < -0.3 is 10.1 Å². The van der Waals surface area contributed by atoms with Crippen molar-refractivity contribution in [3.05, 3.63) is 23.9 Å². The van der Waals surface area contributed by atoms with Crippen molar-refractivity contribution in [2.24, 2.45) is 0 Å². The number of carbonyl (C=O) groups is 1. The van der Waals surface area contributed by atoms with E-state index in [1.54, 1.807) is 7.11 Å². The number of Topliss-reactive ketones (excluding diaryl/α,β-unsaturated/α-hetero) is 1. The van der Waals surface area contributed by atoms with E-state index in [1.807, 2.05) is 25.2 Å². The highest BCUT2D eigenvalue weighted by atomic mass is 32.1. The third-order valence-corrected chi connectivity index (χ3v) is 5.60. The predicted molar refractivity (Wildman–Crippen MR) is 82.2 cm³/mol. The Bertz CT molecular complexity index is 712. The van der Waals surface area contributed by atoms with Crippen molar-refractivity contribution in [3.63, 3.8) is 0 Å². The van der Waals surface area contributed by atoms with Gasteiger partial charge in [-0.05, 0) is 31.1 Å². The number of likely N-dealkylation sites (tertiary alicyclic amines) is 1. The number of fused-ring (bicyclic) bond motifs is 3. The lowest BCUT2D eigenvalue weighted by molar-refractivity contribution is 0.0812. The number of methoxy groups -OCH3 is 1. The summed E-state index contributed by atoms with van der Waals surface area (Å²) < 4.78 is 10.7. The van der Waals surface area contributed by atoms with Crippen LogP contribution in [-0.4, -0.2) is 53.9 Å². The summed E-state index contributed by atoms with van der Waals surface area (Å²) in [6, 6.07) is 6.41. The van der Waals surface area contributed by atoms with Crippen molar-refractivity contribution in [3.8, 4) is 5.75 Å². The Labute approximate surface area is 127 Å². The first-order valence-electron chi connectivity index (χ1n) is 7.12. The Balaban J connectivity index is 1.75. The Kier molecular flexibility index (Phi) is 2.99. The van der Waals surface area contributed by atoms with Gasteiger partial charge in [-0.2, -0.15) is 4.37 Å². The van der Waals surface area contributed by atoms with Gasteiger partial charge >= 0.3 is 0 Å². The fourth-order valence-electron chi connectivity index (χ4n) is 3.59. The van der Waals surface area contributed by atoms with Gasteiger partial charge in [0.25, 0.3) is 0 Å². The molecule has 2 aliphatic rings. The zero-order valence-corrected chi connectivity index (χ0v) is 12.8. The molecule has 3 atom stereocenters. The molecule has 5 nitrogen and oxygen atoms in total. The third kappa shape index (κ3) is 1.83. The van der Waals surface area contributed by atoms with Crippen molar-refractivity contribution in [2.45, 2.75) is 24.5 Å². The molecule has 2 aromatic rings. The van der Waals surface area contributed by atoms with E-state index in [1.165, 1.54) is 11.5 Å². The van der Waals surface area contributed by atoms with E-state index in [4.69, 9.17) is 4.74 Å². The highest BCUT2D eigenvalue weighted by Gasteiger charge is 2.48. The number of ether oxygens (including phenoxy) is 1. The molecular weight excluding hydrogens is 286 g/mol. The van der Waals surface area contributed by atoms with Crippen LogP contribution in [0.4, 0.5) is 0 Å². The number of piperazine rings is 1. The Morgan fingerprint density at radius 3 is 3.10 bits per heavy atom. The van der Waals surface area contributed by atoms with Crippen LogP contribution < -0.4 is 10.1 Å². The second-order valence-corrected chi connectivity index (χ2v) is 6.52. The molecule has 1 aromatic heterocycles. The Morgan fingerprint density at radius 2 is 2.38 bits per heavy atom. The lowest BCUT2D eigenvalue weighted by Gasteiger charge is -2.30. The number of ketones is 1. The molecule has 1 unspecified atom stereocenters. The number of aromatic nitrogens is 1. The average Bonchev–Trinajstić information content (AvgIpc) is 3.19. The van der Waals surface area contributed by atoms with E-state index in [0.29, 0.717) is 11.7 Å². The van der Waals surface area contributed by atoms with Crippen LogP contribution in [0.2, 0.25) is 0 Å². The highest BCUT2D eigenvalue weighted by molar-refractivity contribution is 7.14. The largest absolute Gasteiger partial charge is 0.495 e. The lowest BCUT2D eigenvalue weighted by Crippen LogP contribution is -2.53. The summed E-state index contributed by atoms with van der Waals surface area (Å²) in [5.74, 6) is 0.903. The summed E-state index contributed by atoms with van der Waals surface area (Å²) in [4.78, 5) is 15.1. The van der Waals surface area contributed by atoms with Gasteiger partial charge in [-0.3, -0.25) is 9.69 Å². The molecule has 1 N–H and O–H groups in total. The van der Waals surface area contributed by atoms with Crippen LogP contribution in [0.15, 0.2) is 18.2 Å². The van der Waals surface area contributed by atoms with Gasteiger partial charge in [-0.15, -0.1) is 0 Å². The molecule has 2 fully saturated rings. The van der Waals surface area contributed by atoms with E-state index in [9.17, 15) is 4.79 Å². The first-order valence-corrected chi connectivity index (χ1v) is 7.90. The van der Waals surface area contributed by atoms with Gasteiger partial charge in [0, 0.05) is 24.0 Å². The van der Waals surface area contributed by atoms with E-state index in [-0.39, 0.29) is 17.9 Å². The zero-order chi connectivity index (χ0) is 14.6. The monoisotopic (exact) mass is 303 g/mol. The molecule has 2 saturated heterocycles. The second-order valence-electron chi connectivity index (χ2n) is 5.75. The van der Waals surface area contributed by atoms with Gasteiger partial charge in [-0.1, -0.05) is 12.1 Å². The molecule has 0 aliphatic carbocycles. The van der Waals surface area contributed by atoms with Crippen LogP contribution in [0.1, 0.15) is 16.9 Å². The van der Waals surface area contributed by atoms with Crippen molar-refractivity contribution in [1.82, 2.24) is 14.6 Å². The van der Waals surface area contributed by atoms with Crippen LogP contribution in [0.25, 0.3) is 10.1 Å². The molecule has 2 bridgehead atoms. The molecule has 4 rings (SSSR count). The van der Waals surface area contributed by atoms with Crippen LogP contribution in [-0.2, 0) is 0 Å². The molecule has 21 heavy (non-hydrogen) atoms. The van der Waals surface area contributed by atoms with Gasteiger partial charge in [0.15, 0.2) is 0 Å². The third-order valence-electron chi connectivity index (χ3n) is 4.72. The van der Waals surface area contributed by atoms with Gasteiger partial charge in [0.1, 0.15) is 11.4 Å². The second kappa shape index (κ2) is 4.76. The van der Waals surface area contributed by atoms with Crippen LogP contribution in [0.5, 0.6) is 5.75 Å². The number of hydrogen-bond acceptors (Lipinski definition) is 6. The SMILES string of the molecule is COc1cccc2c(C(=O)C3[C@H]4C[C@@H](CN4)N3C)nsc12. The van der Waals surface area contributed by atoms with Gasteiger partial charge in [0.05, 0.1) is 17.9 Å². The maximum absolute atomic E-state index is 12.9. The van der Waals surface area contributed by atoms with Gasteiger partial charge in [0.2, 0.25) is 5.78 Å². The quantitative estimate of drug-likeness (QED) is 0.872. The number of benzene rings is 1. The van der Waals surface area contributed by atoms with Crippen molar-refractivity contribution in [1.29, 1.82) is 0 Å². The van der Waals surface area contributed by atoms with E-state index in [2.05, 4.69) is 14.6 Å². The van der Waals surface area contributed by atoms with Crippen molar-refractivity contribution >= 4 is 27.4 Å². The van der Waals surface area contributed by atoms with E-state index < -0.39 is 0 Å². The summed E-state index contributed by atoms with van der Waals surface area (Å²) in [6.45, 7) is 0.983. The summed E-state index contributed by atoms with van der Waals surface area (Å²) >= 11 is 1.34. The number of nitrogens with zero attached hydrogens (tertiary/aromatic N) is 2. The molecule has 0 radical (unpaired) electrons. The number of hydrogen-bond donors (Lipinski definition) is 1. The minimum absolute atomic E-state index is 0.0970. The summed E-state index contributed by atoms with van der Waals surface area (Å²) in [5.41, 5.74) is 0.583. The molecule has 0 spiro atoms. The minimum atomic E-state index is -0.0970. The van der Waals surface area contributed by atoms with E-state index >= 15 is 0 Å². The molecule has 3 heterocycles. The van der Waals surface area contributed by atoms with Crippen LogP contribution >= 0.6 is 11.5 Å². The highest BCUT2D eigenvalue weighted by Crippen LogP contribution is 2.35. The topological polar surface area (TPSA) is 54.5 Å². The standard InChI is InChI=1S/C15H17N3O2S/c1-18-8-6-10(16-7-8)13(18)14(19)12-9-4-3-5-11(20-2)15(9)21-17-12/h3-5,8,10,13,16H,6-7H2,1-2H3/t8-,10+,13?/m0/s1. The van der Waals surface area contributed by atoms with Crippen molar-refractivity contribution in [2.75, 3.05) is 20.7 Å². The maximum atomic E-state index is 12.9. The van der Waals surface area contributed by atoms with Crippen molar-refractivity contribution < 1.29 is 9.53 Å². The van der Waals surface area contributed by atoms with Gasteiger partial charge in [-0.25, -0.2) is 0 Å². The molecule has 0 amide bonds. The summed E-state index contributed by atoms with van der Waals surface area (Å²) in [7, 11) is 3.69. The molecule has 110 valence electrons. The Morgan fingerprint density at radius 1 is 1.52 bits per heavy atom. The first kappa shape index (κ1) is 13.2. The maximum Gasteiger partial charge on any atom is 0.201 e. The molecule has 6 heteroatoms. The van der Waals surface area contributed by atoms with Crippen LogP contribution in [0.3, 0.4) is 0 Å². The smallest absolute Gasteiger partial charge is 0.201 e. The van der Waals surface area contributed by atoms with Crippen LogP contribution in [0, 0.1) is 0 Å². The Hall–Kier alpha value is -1.50. The van der Waals surface area contributed by atoms with E-state index in [0.717, 1.165) is 28.8 Å². The number of rotatable bonds is 3. The fourth-order valence-corrected chi connectivity index (χ4v) is 4.47. The predicted octanol–water partition coefficient (Wildman–Crippen LogP) is 1.53. The average molecular weight is 303 g/mol. The number of likely N-dealkylation sites (N-methyl/N-ethyl adjacent to an activating group) is 1. The number of nitrogens with one attached hydrogen (secondary N) is 1. The molecule has 2 aliphatic heterocycles. The zero-order valence-electron chi connectivity index (χ0n) is 12.0. The normalized spacial score (nSPS) is 28.4. The number of carbonyl (C=O) groups excluding carboxylic acids is 1.